The Morgan fingerprint density at radius 2 is 2.05 bits per heavy atom. The second kappa shape index (κ2) is 6.80. The first-order valence-electron chi connectivity index (χ1n) is 7.26. The van der Waals surface area contributed by atoms with Crippen LogP contribution in [-0.2, 0) is 16.1 Å². The van der Waals surface area contributed by atoms with Gasteiger partial charge in [-0.15, -0.1) is 0 Å². The minimum Gasteiger partial charge on any atom is -0.486 e. The van der Waals surface area contributed by atoms with Crippen molar-refractivity contribution in [1.82, 2.24) is 5.32 Å². The van der Waals surface area contributed by atoms with Crippen molar-refractivity contribution in [2.75, 3.05) is 19.8 Å². The fourth-order valence-electron chi connectivity index (χ4n) is 2.08. The molecule has 0 aliphatic carbocycles. The molecule has 5 heteroatoms. The number of carbonyl (C=O) groups is 1. The van der Waals surface area contributed by atoms with Gasteiger partial charge < -0.3 is 19.5 Å². The largest absolute Gasteiger partial charge is 0.486 e. The average Bonchev–Trinajstić information content (AvgIpc) is 2.42. The summed E-state index contributed by atoms with van der Waals surface area (Å²) in [6, 6.07) is 5.84. The van der Waals surface area contributed by atoms with Crippen molar-refractivity contribution in [2.24, 2.45) is 0 Å². The highest BCUT2D eigenvalue weighted by Gasteiger charge is 2.17. The van der Waals surface area contributed by atoms with Crippen molar-refractivity contribution in [3.63, 3.8) is 0 Å². The summed E-state index contributed by atoms with van der Waals surface area (Å²) in [6.07, 6.45) is 0.351. The molecule has 21 heavy (non-hydrogen) atoms. The zero-order valence-corrected chi connectivity index (χ0v) is 12.9. The Balaban J connectivity index is 1.78. The molecule has 1 heterocycles. The van der Waals surface area contributed by atoms with Crippen LogP contribution in [0.1, 0.15) is 32.8 Å². The lowest BCUT2D eigenvalue weighted by molar-refractivity contribution is -0.154. The van der Waals surface area contributed by atoms with Gasteiger partial charge in [0.15, 0.2) is 11.5 Å². The van der Waals surface area contributed by atoms with Gasteiger partial charge in [-0.2, -0.15) is 0 Å². The lowest BCUT2D eigenvalue weighted by Gasteiger charge is -2.21. The quantitative estimate of drug-likeness (QED) is 0.667. The topological polar surface area (TPSA) is 56.8 Å². The Hall–Kier alpha value is -1.75. The van der Waals surface area contributed by atoms with E-state index in [2.05, 4.69) is 5.32 Å². The van der Waals surface area contributed by atoms with Crippen LogP contribution < -0.4 is 14.8 Å². The maximum Gasteiger partial charge on any atom is 0.307 e. The molecular weight excluding hydrogens is 270 g/mol. The lowest BCUT2D eigenvalue weighted by Crippen LogP contribution is -2.27. The summed E-state index contributed by atoms with van der Waals surface area (Å²) >= 11 is 0. The molecule has 0 bridgehead atoms. The standard InChI is InChI=1S/C16H23NO4/c1-16(2,3)21-14(18)7-8-17-11-12-5-4-6-13-15(12)20-10-9-19-13/h4-6,17H,7-11H2,1-3H3. The molecule has 0 spiro atoms. The number of nitrogens with one attached hydrogen (secondary N) is 1. The van der Waals surface area contributed by atoms with Crippen molar-refractivity contribution in [1.29, 1.82) is 0 Å². The second-order valence-electron chi connectivity index (χ2n) is 5.95. The van der Waals surface area contributed by atoms with E-state index in [0.717, 1.165) is 17.1 Å². The van der Waals surface area contributed by atoms with E-state index in [4.69, 9.17) is 14.2 Å². The number of para-hydroxylation sites is 1. The molecule has 0 atom stereocenters. The van der Waals surface area contributed by atoms with E-state index in [-0.39, 0.29) is 5.97 Å². The fraction of sp³-hybridized carbons (Fsp3) is 0.562. The lowest BCUT2D eigenvalue weighted by atomic mass is 10.1. The molecule has 0 aromatic heterocycles. The van der Waals surface area contributed by atoms with Gasteiger partial charge >= 0.3 is 5.97 Å². The third kappa shape index (κ3) is 4.93. The first-order valence-corrected chi connectivity index (χ1v) is 7.26. The molecule has 1 aromatic carbocycles. The number of fused-ring (bicyclic) bond motifs is 1. The summed E-state index contributed by atoms with van der Waals surface area (Å²) in [4.78, 5) is 11.6. The number of benzene rings is 1. The Morgan fingerprint density at radius 3 is 2.81 bits per heavy atom. The Labute approximate surface area is 125 Å². The summed E-state index contributed by atoms with van der Waals surface area (Å²) in [5, 5.41) is 3.23. The molecule has 1 N–H and O–H groups in total. The zero-order chi connectivity index (χ0) is 15.3. The minimum atomic E-state index is -0.430. The normalized spacial score (nSPS) is 13.9. The third-order valence-corrected chi connectivity index (χ3v) is 2.89. The fourth-order valence-corrected chi connectivity index (χ4v) is 2.08. The summed E-state index contributed by atoms with van der Waals surface area (Å²) < 4.78 is 16.4. The van der Waals surface area contributed by atoms with Crippen molar-refractivity contribution >= 4 is 5.97 Å². The Morgan fingerprint density at radius 1 is 1.29 bits per heavy atom. The second-order valence-corrected chi connectivity index (χ2v) is 5.95. The van der Waals surface area contributed by atoms with Crippen LogP contribution in [0.5, 0.6) is 11.5 Å². The molecule has 1 aliphatic rings. The van der Waals surface area contributed by atoms with Gasteiger partial charge in [-0.25, -0.2) is 0 Å². The van der Waals surface area contributed by atoms with Gasteiger partial charge in [0.2, 0.25) is 0 Å². The Bertz CT molecular complexity index is 494. The average molecular weight is 293 g/mol. The summed E-state index contributed by atoms with van der Waals surface area (Å²) in [6.45, 7) is 7.96. The summed E-state index contributed by atoms with van der Waals surface area (Å²) in [7, 11) is 0. The van der Waals surface area contributed by atoms with Gasteiger partial charge in [0, 0.05) is 18.7 Å². The molecule has 0 fully saturated rings. The predicted molar refractivity (Wildman–Crippen MR) is 79.6 cm³/mol. The molecule has 0 saturated heterocycles. The maximum atomic E-state index is 11.6. The van der Waals surface area contributed by atoms with E-state index in [1.807, 2.05) is 39.0 Å². The van der Waals surface area contributed by atoms with Crippen molar-refractivity contribution in [2.45, 2.75) is 39.3 Å². The Kier molecular flexibility index (Phi) is 5.07. The van der Waals surface area contributed by atoms with E-state index >= 15 is 0 Å². The number of esters is 1. The van der Waals surface area contributed by atoms with Crippen LogP contribution in [0.4, 0.5) is 0 Å². The first-order chi connectivity index (χ1) is 9.96. The summed E-state index contributed by atoms with van der Waals surface area (Å²) in [5.41, 5.74) is 0.609. The molecule has 0 saturated carbocycles. The maximum absolute atomic E-state index is 11.6. The van der Waals surface area contributed by atoms with Crippen LogP contribution in [0.25, 0.3) is 0 Å². The SMILES string of the molecule is CC(C)(C)OC(=O)CCNCc1cccc2c1OCCO2. The predicted octanol–water partition coefficient (Wildman–Crippen LogP) is 2.28. The summed E-state index contributed by atoms with van der Waals surface area (Å²) in [5.74, 6) is 1.39. The van der Waals surface area contributed by atoms with Crippen LogP contribution in [0.2, 0.25) is 0 Å². The van der Waals surface area contributed by atoms with Crippen molar-refractivity contribution in [3.05, 3.63) is 23.8 Å². The molecule has 1 aliphatic heterocycles. The van der Waals surface area contributed by atoms with Crippen LogP contribution in [-0.4, -0.2) is 31.3 Å². The van der Waals surface area contributed by atoms with Gasteiger partial charge in [0.05, 0.1) is 6.42 Å². The van der Waals surface area contributed by atoms with Crippen LogP contribution in [0.3, 0.4) is 0 Å². The number of carbonyl (C=O) groups excluding carboxylic acids is 1. The minimum absolute atomic E-state index is 0.190. The first kappa shape index (κ1) is 15.6. The van der Waals surface area contributed by atoms with Gasteiger partial charge in [0.25, 0.3) is 0 Å². The van der Waals surface area contributed by atoms with E-state index in [1.165, 1.54) is 0 Å². The smallest absolute Gasteiger partial charge is 0.307 e. The monoisotopic (exact) mass is 293 g/mol. The third-order valence-electron chi connectivity index (χ3n) is 2.89. The molecular formula is C16H23NO4. The van der Waals surface area contributed by atoms with Crippen molar-refractivity contribution in [3.8, 4) is 11.5 Å². The van der Waals surface area contributed by atoms with Gasteiger partial charge in [0.1, 0.15) is 18.8 Å². The zero-order valence-electron chi connectivity index (χ0n) is 12.9. The molecule has 0 radical (unpaired) electrons. The highest BCUT2D eigenvalue weighted by molar-refractivity contribution is 5.70. The molecule has 116 valence electrons. The number of hydrogen-bond donors (Lipinski definition) is 1. The highest BCUT2D eigenvalue weighted by Crippen LogP contribution is 2.33. The molecule has 0 unspecified atom stereocenters. The van der Waals surface area contributed by atoms with Gasteiger partial charge in [-0.3, -0.25) is 4.79 Å². The van der Waals surface area contributed by atoms with Crippen LogP contribution in [0.15, 0.2) is 18.2 Å². The van der Waals surface area contributed by atoms with E-state index in [1.54, 1.807) is 0 Å². The highest BCUT2D eigenvalue weighted by atomic mass is 16.6. The van der Waals surface area contributed by atoms with Gasteiger partial charge in [-0.1, -0.05) is 12.1 Å². The molecule has 2 rings (SSSR count). The van der Waals surface area contributed by atoms with E-state index in [0.29, 0.717) is 32.7 Å². The molecule has 1 aromatic rings. The number of ether oxygens (including phenoxy) is 3. The van der Waals surface area contributed by atoms with Crippen LogP contribution >= 0.6 is 0 Å². The van der Waals surface area contributed by atoms with Crippen LogP contribution in [0, 0.1) is 0 Å². The van der Waals surface area contributed by atoms with Gasteiger partial charge in [-0.05, 0) is 26.8 Å². The van der Waals surface area contributed by atoms with Crippen molar-refractivity contribution < 1.29 is 19.0 Å². The number of hydrogen-bond acceptors (Lipinski definition) is 5. The van der Waals surface area contributed by atoms with E-state index < -0.39 is 5.60 Å². The molecule has 0 amide bonds. The molecule has 5 nitrogen and oxygen atoms in total. The number of rotatable bonds is 5. The van der Waals surface area contributed by atoms with E-state index in [9.17, 15) is 4.79 Å².